The molecule has 0 unspecified atom stereocenters. The normalized spacial score (nSPS) is 13.2. The molecular formula is C23H15BrClN3O2S. The number of hydrogen-bond donors (Lipinski definition) is 1. The first-order valence-electron chi connectivity index (χ1n) is 9.53. The minimum absolute atomic E-state index is 0.106. The van der Waals surface area contributed by atoms with Gasteiger partial charge in [-0.3, -0.25) is 4.79 Å². The molecule has 2 heterocycles. The lowest BCUT2D eigenvalue weighted by molar-refractivity contribution is -0.112. The topological polar surface area (TPSA) is 89.8 Å². The van der Waals surface area contributed by atoms with Crippen LogP contribution in [-0.4, -0.2) is 5.91 Å². The van der Waals surface area contributed by atoms with Crippen molar-refractivity contribution in [3.05, 3.63) is 67.2 Å². The largest absolute Gasteiger partial charge is 0.457 e. The van der Waals surface area contributed by atoms with Gasteiger partial charge in [-0.25, -0.2) is 0 Å². The SMILES string of the molecule is N#C/C(=C\c1ccc(-c2ccc(Br)c(Cl)c2)o1)C(=O)Nc1sc2c(c1C#N)CCCC2. The van der Waals surface area contributed by atoms with Crippen molar-refractivity contribution in [2.45, 2.75) is 25.7 Å². The Morgan fingerprint density at radius 3 is 2.77 bits per heavy atom. The summed E-state index contributed by atoms with van der Waals surface area (Å²) in [5, 5.41) is 22.9. The van der Waals surface area contributed by atoms with Gasteiger partial charge in [-0.1, -0.05) is 17.7 Å². The van der Waals surface area contributed by atoms with Crippen LogP contribution >= 0.6 is 38.9 Å². The Hall–Kier alpha value is -2.84. The van der Waals surface area contributed by atoms with Crippen molar-refractivity contribution in [1.82, 2.24) is 0 Å². The zero-order chi connectivity index (χ0) is 22.0. The van der Waals surface area contributed by atoms with E-state index in [2.05, 4.69) is 27.3 Å². The van der Waals surface area contributed by atoms with E-state index in [1.165, 1.54) is 17.4 Å². The van der Waals surface area contributed by atoms with Crippen LogP contribution in [0.1, 0.15) is 34.6 Å². The molecule has 0 radical (unpaired) electrons. The molecule has 2 aromatic heterocycles. The minimum Gasteiger partial charge on any atom is -0.457 e. The van der Waals surface area contributed by atoms with E-state index >= 15 is 0 Å². The third-order valence-corrected chi connectivity index (χ3v) is 7.43. The number of nitrogens with zero attached hydrogens (tertiary/aromatic N) is 2. The number of aryl methyl sites for hydroxylation is 1. The second-order valence-corrected chi connectivity index (χ2v) is 9.35. The van der Waals surface area contributed by atoms with Crippen molar-refractivity contribution in [2.24, 2.45) is 0 Å². The van der Waals surface area contributed by atoms with E-state index in [4.69, 9.17) is 16.0 Å². The predicted octanol–water partition coefficient (Wildman–Crippen LogP) is 6.72. The van der Waals surface area contributed by atoms with E-state index < -0.39 is 5.91 Å². The summed E-state index contributed by atoms with van der Waals surface area (Å²) >= 11 is 10.9. The summed E-state index contributed by atoms with van der Waals surface area (Å²) in [7, 11) is 0. The molecule has 0 spiro atoms. The molecule has 0 saturated carbocycles. The van der Waals surface area contributed by atoms with E-state index in [0.717, 1.165) is 46.2 Å². The molecule has 1 aliphatic carbocycles. The van der Waals surface area contributed by atoms with Crippen molar-refractivity contribution in [3.8, 4) is 23.5 Å². The molecule has 3 aromatic rings. The number of amides is 1. The molecule has 0 aliphatic heterocycles. The number of furan rings is 1. The van der Waals surface area contributed by atoms with Crippen molar-refractivity contribution in [3.63, 3.8) is 0 Å². The molecule has 0 bridgehead atoms. The maximum absolute atomic E-state index is 12.7. The molecule has 154 valence electrons. The van der Waals surface area contributed by atoms with E-state index in [9.17, 15) is 15.3 Å². The van der Waals surface area contributed by atoms with Gasteiger partial charge in [-0.05, 0) is 71.4 Å². The second-order valence-electron chi connectivity index (χ2n) is 6.98. The summed E-state index contributed by atoms with van der Waals surface area (Å²) in [5.74, 6) is 0.366. The lowest BCUT2D eigenvalue weighted by Crippen LogP contribution is -2.13. The maximum atomic E-state index is 12.7. The van der Waals surface area contributed by atoms with Crippen molar-refractivity contribution in [2.75, 3.05) is 5.32 Å². The van der Waals surface area contributed by atoms with Crippen LogP contribution in [-0.2, 0) is 17.6 Å². The number of halogens is 2. The Labute approximate surface area is 196 Å². The molecule has 1 aliphatic rings. The summed E-state index contributed by atoms with van der Waals surface area (Å²) in [6, 6.07) is 13.0. The van der Waals surface area contributed by atoms with Gasteiger partial charge in [0.05, 0.1) is 10.6 Å². The third-order valence-electron chi connectivity index (χ3n) is 4.99. The molecule has 0 saturated heterocycles. The third kappa shape index (κ3) is 4.45. The Balaban J connectivity index is 1.57. The van der Waals surface area contributed by atoms with Gasteiger partial charge in [0.2, 0.25) is 0 Å². The zero-order valence-electron chi connectivity index (χ0n) is 16.2. The number of hydrogen-bond acceptors (Lipinski definition) is 5. The zero-order valence-corrected chi connectivity index (χ0v) is 19.3. The van der Waals surface area contributed by atoms with Gasteiger partial charge in [-0.2, -0.15) is 10.5 Å². The standard InChI is InChI=1S/C23H15BrClN3O2S/c24-18-7-5-13(10-19(18)25)20-8-6-15(30-20)9-14(11-26)22(29)28-23-17(12-27)16-3-1-2-4-21(16)31-23/h5-10H,1-4H2,(H,28,29)/b14-9+. The molecule has 1 aromatic carbocycles. The molecule has 31 heavy (non-hydrogen) atoms. The summed E-state index contributed by atoms with van der Waals surface area (Å²) in [6.07, 6.45) is 5.28. The highest BCUT2D eigenvalue weighted by molar-refractivity contribution is 9.10. The maximum Gasteiger partial charge on any atom is 0.267 e. The number of carbonyl (C=O) groups excluding carboxylic acids is 1. The minimum atomic E-state index is -0.567. The van der Waals surface area contributed by atoms with Crippen molar-refractivity contribution in [1.29, 1.82) is 10.5 Å². The fourth-order valence-electron chi connectivity index (χ4n) is 3.47. The molecule has 1 N–H and O–H groups in total. The first-order chi connectivity index (χ1) is 15.0. The highest BCUT2D eigenvalue weighted by atomic mass is 79.9. The van der Waals surface area contributed by atoms with Gasteiger partial charge >= 0.3 is 0 Å². The van der Waals surface area contributed by atoms with Gasteiger partial charge in [-0.15, -0.1) is 11.3 Å². The van der Waals surface area contributed by atoms with Gasteiger partial charge in [0.15, 0.2) is 0 Å². The van der Waals surface area contributed by atoms with Gasteiger partial charge in [0.25, 0.3) is 5.91 Å². The molecule has 8 heteroatoms. The first kappa shape index (κ1) is 21.4. The quantitative estimate of drug-likeness (QED) is 0.310. The van der Waals surface area contributed by atoms with Gasteiger partial charge < -0.3 is 9.73 Å². The highest BCUT2D eigenvalue weighted by Gasteiger charge is 2.23. The number of rotatable bonds is 4. The number of anilines is 1. The van der Waals surface area contributed by atoms with Crippen LogP contribution in [0.15, 0.2) is 44.8 Å². The first-order valence-corrected chi connectivity index (χ1v) is 11.5. The second kappa shape index (κ2) is 9.11. The predicted molar refractivity (Wildman–Crippen MR) is 125 cm³/mol. The molecule has 1 amide bonds. The van der Waals surface area contributed by atoms with E-state index in [1.54, 1.807) is 18.2 Å². The van der Waals surface area contributed by atoms with Crippen LogP contribution in [0.25, 0.3) is 17.4 Å². The van der Waals surface area contributed by atoms with E-state index in [-0.39, 0.29) is 5.57 Å². The molecular weight excluding hydrogens is 498 g/mol. The number of nitriles is 2. The number of benzene rings is 1. The number of fused-ring (bicyclic) bond motifs is 1. The smallest absolute Gasteiger partial charge is 0.267 e. The number of thiophene rings is 1. The molecule has 0 fully saturated rings. The summed E-state index contributed by atoms with van der Waals surface area (Å²) in [4.78, 5) is 13.9. The fraction of sp³-hybridized carbons (Fsp3) is 0.174. The average molecular weight is 513 g/mol. The monoisotopic (exact) mass is 511 g/mol. The Morgan fingerprint density at radius 1 is 1.23 bits per heavy atom. The van der Waals surface area contributed by atoms with E-state index in [1.807, 2.05) is 18.2 Å². The van der Waals surface area contributed by atoms with Gasteiger partial charge in [0, 0.05) is 21.0 Å². The van der Waals surface area contributed by atoms with Crippen LogP contribution < -0.4 is 5.32 Å². The highest BCUT2D eigenvalue weighted by Crippen LogP contribution is 2.38. The fourth-order valence-corrected chi connectivity index (χ4v) is 5.13. The molecule has 0 atom stereocenters. The van der Waals surface area contributed by atoms with Gasteiger partial charge in [0.1, 0.15) is 34.2 Å². The van der Waals surface area contributed by atoms with Crippen LogP contribution in [0.3, 0.4) is 0 Å². The summed E-state index contributed by atoms with van der Waals surface area (Å²) in [5.41, 5.74) is 2.21. The van der Waals surface area contributed by atoms with Crippen LogP contribution in [0.2, 0.25) is 5.02 Å². The van der Waals surface area contributed by atoms with Crippen LogP contribution in [0.5, 0.6) is 0 Å². The Morgan fingerprint density at radius 2 is 2.03 bits per heavy atom. The van der Waals surface area contributed by atoms with Crippen LogP contribution in [0, 0.1) is 22.7 Å². The number of nitrogens with one attached hydrogen (secondary N) is 1. The summed E-state index contributed by atoms with van der Waals surface area (Å²) in [6.45, 7) is 0. The lowest BCUT2D eigenvalue weighted by atomic mass is 9.96. The van der Waals surface area contributed by atoms with E-state index in [0.29, 0.717) is 27.1 Å². The average Bonchev–Trinajstić information content (AvgIpc) is 3.37. The Bertz CT molecular complexity index is 1290. The number of carbonyl (C=O) groups is 1. The van der Waals surface area contributed by atoms with Crippen molar-refractivity contribution >= 4 is 55.9 Å². The summed E-state index contributed by atoms with van der Waals surface area (Å²) < 4.78 is 6.56. The molecule has 5 nitrogen and oxygen atoms in total. The molecule has 4 rings (SSSR count). The van der Waals surface area contributed by atoms with Crippen LogP contribution in [0.4, 0.5) is 5.00 Å². The lowest BCUT2D eigenvalue weighted by Gasteiger charge is -2.09. The van der Waals surface area contributed by atoms with Crippen molar-refractivity contribution < 1.29 is 9.21 Å². The Kier molecular flexibility index (Phi) is 6.29.